The zero-order valence-electron chi connectivity index (χ0n) is 27.6. The second-order valence-corrected chi connectivity index (χ2v) is 13.3. The minimum atomic E-state index is 0.896. The molecule has 51 heavy (non-hydrogen) atoms. The van der Waals surface area contributed by atoms with E-state index in [1.807, 2.05) is 12.1 Å². The van der Waals surface area contributed by atoms with E-state index in [0.29, 0.717) is 0 Å². The molecule has 0 fully saturated rings. The first-order valence-electron chi connectivity index (χ1n) is 17.4. The molecule has 11 rings (SSSR count). The van der Waals surface area contributed by atoms with Crippen molar-refractivity contribution in [1.82, 2.24) is 9.13 Å². The first kappa shape index (κ1) is 28.0. The zero-order valence-corrected chi connectivity index (χ0v) is 27.6. The summed E-state index contributed by atoms with van der Waals surface area (Å²) in [4.78, 5) is 0. The van der Waals surface area contributed by atoms with Gasteiger partial charge in [0.1, 0.15) is 11.2 Å². The van der Waals surface area contributed by atoms with Gasteiger partial charge in [0.05, 0.1) is 22.1 Å². The van der Waals surface area contributed by atoms with Gasteiger partial charge in [-0.2, -0.15) is 0 Å². The fourth-order valence-electron chi connectivity index (χ4n) is 8.31. The van der Waals surface area contributed by atoms with Gasteiger partial charge in [-0.05, 0) is 83.4 Å². The summed E-state index contributed by atoms with van der Waals surface area (Å²) >= 11 is 0. The number of benzene rings is 8. The molecular formula is C48H30N2O. The molecule has 0 bridgehead atoms. The minimum absolute atomic E-state index is 0.896. The summed E-state index contributed by atoms with van der Waals surface area (Å²) < 4.78 is 11.1. The first-order valence-corrected chi connectivity index (χ1v) is 17.4. The number of furan rings is 1. The van der Waals surface area contributed by atoms with Gasteiger partial charge in [-0.1, -0.05) is 115 Å². The molecule has 0 spiro atoms. The van der Waals surface area contributed by atoms with E-state index in [2.05, 4.69) is 179 Å². The van der Waals surface area contributed by atoms with Crippen LogP contribution < -0.4 is 0 Å². The zero-order chi connectivity index (χ0) is 33.5. The highest BCUT2D eigenvalue weighted by molar-refractivity contribution is 6.18. The maximum atomic E-state index is 6.29. The second kappa shape index (κ2) is 10.8. The Morgan fingerprint density at radius 2 is 0.902 bits per heavy atom. The maximum Gasteiger partial charge on any atom is 0.135 e. The van der Waals surface area contributed by atoms with Crippen molar-refractivity contribution in [1.29, 1.82) is 0 Å². The molecule has 3 heteroatoms. The van der Waals surface area contributed by atoms with Gasteiger partial charge in [0, 0.05) is 49.3 Å². The monoisotopic (exact) mass is 650 g/mol. The number of hydrogen-bond donors (Lipinski definition) is 0. The molecule has 0 N–H and O–H groups in total. The summed E-state index contributed by atoms with van der Waals surface area (Å²) in [5, 5.41) is 7.18. The van der Waals surface area contributed by atoms with Crippen molar-refractivity contribution in [2.45, 2.75) is 0 Å². The molecule has 0 radical (unpaired) electrons. The lowest BCUT2D eigenvalue weighted by molar-refractivity contribution is 0.669. The summed E-state index contributed by atoms with van der Waals surface area (Å²) in [5.74, 6) is 0. The second-order valence-electron chi connectivity index (χ2n) is 13.3. The molecule has 0 unspecified atom stereocenters. The molecule has 8 aromatic carbocycles. The van der Waals surface area contributed by atoms with Crippen molar-refractivity contribution in [2.24, 2.45) is 0 Å². The van der Waals surface area contributed by atoms with E-state index >= 15 is 0 Å². The van der Waals surface area contributed by atoms with E-state index in [9.17, 15) is 0 Å². The van der Waals surface area contributed by atoms with E-state index in [1.165, 1.54) is 60.3 Å². The van der Waals surface area contributed by atoms with Gasteiger partial charge in [-0.15, -0.1) is 0 Å². The Balaban J connectivity index is 1.31. The van der Waals surface area contributed by atoms with Gasteiger partial charge in [-0.3, -0.25) is 0 Å². The van der Waals surface area contributed by atoms with Gasteiger partial charge in [0.25, 0.3) is 0 Å². The normalized spacial score (nSPS) is 11.9. The molecule has 0 aliphatic rings. The SMILES string of the molecule is c1ccc(-n2c3ccccc3c3cc(-c4cccc5c6ccccc6n(-c6ccccc6)c45)c(-c4ccc5oc6ccccc6c5c4)cc32)cc1. The molecule has 0 aliphatic carbocycles. The van der Waals surface area contributed by atoms with Gasteiger partial charge < -0.3 is 13.6 Å². The van der Waals surface area contributed by atoms with Crippen LogP contribution in [0.15, 0.2) is 186 Å². The van der Waals surface area contributed by atoms with Crippen LogP contribution in [-0.4, -0.2) is 9.13 Å². The van der Waals surface area contributed by atoms with Gasteiger partial charge >= 0.3 is 0 Å². The van der Waals surface area contributed by atoms with Crippen molar-refractivity contribution in [3.63, 3.8) is 0 Å². The number of rotatable bonds is 4. The van der Waals surface area contributed by atoms with Crippen LogP contribution in [0, 0.1) is 0 Å². The molecule has 0 amide bonds. The number of fused-ring (bicyclic) bond motifs is 9. The Morgan fingerprint density at radius 3 is 1.67 bits per heavy atom. The van der Waals surface area contributed by atoms with E-state index < -0.39 is 0 Å². The molecule has 0 saturated carbocycles. The van der Waals surface area contributed by atoms with E-state index in [-0.39, 0.29) is 0 Å². The molecule has 3 heterocycles. The van der Waals surface area contributed by atoms with Crippen LogP contribution in [0.2, 0.25) is 0 Å². The molecule has 3 nitrogen and oxygen atoms in total. The molecule has 0 saturated heterocycles. The van der Waals surface area contributed by atoms with Gasteiger partial charge in [0.2, 0.25) is 0 Å². The largest absolute Gasteiger partial charge is 0.456 e. The lowest BCUT2D eigenvalue weighted by Gasteiger charge is -2.16. The maximum absolute atomic E-state index is 6.29. The van der Waals surface area contributed by atoms with Crippen LogP contribution in [-0.2, 0) is 0 Å². The average molecular weight is 651 g/mol. The third kappa shape index (κ3) is 4.12. The predicted octanol–water partition coefficient (Wildman–Crippen LogP) is 13.1. The Hall–Kier alpha value is -6.84. The van der Waals surface area contributed by atoms with Crippen LogP contribution in [0.1, 0.15) is 0 Å². The highest BCUT2D eigenvalue weighted by Crippen LogP contribution is 2.45. The highest BCUT2D eigenvalue weighted by atomic mass is 16.3. The molecule has 0 atom stereocenters. The van der Waals surface area contributed by atoms with E-state index in [1.54, 1.807) is 0 Å². The first-order chi connectivity index (χ1) is 25.3. The van der Waals surface area contributed by atoms with Crippen LogP contribution in [0.3, 0.4) is 0 Å². The van der Waals surface area contributed by atoms with Crippen LogP contribution in [0.25, 0.3) is 99.2 Å². The van der Waals surface area contributed by atoms with Crippen LogP contribution in [0.4, 0.5) is 0 Å². The molecule has 3 aromatic heterocycles. The van der Waals surface area contributed by atoms with Crippen molar-refractivity contribution in [3.8, 4) is 33.6 Å². The fourth-order valence-corrected chi connectivity index (χ4v) is 8.31. The summed E-state index contributed by atoms with van der Waals surface area (Å²) in [6, 6.07) is 65.6. The summed E-state index contributed by atoms with van der Waals surface area (Å²) in [7, 11) is 0. The Labute approximate surface area is 293 Å². The quantitative estimate of drug-likeness (QED) is 0.186. The molecule has 0 aliphatic heterocycles. The number of aromatic nitrogens is 2. The third-order valence-corrected chi connectivity index (χ3v) is 10.5. The topological polar surface area (TPSA) is 23.0 Å². The Kier molecular flexibility index (Phi) is 5.96. The lowest BCUT2D eigenvalue weighted by Crippen LogP contribution is -1.97. The van der Waals surface area contributed by atoms with Gasteiger partial charge in [-0.25, -0.2) is 0 Å². The predicted molar refractivity (Wildman–Crippen MR) is 213 cm³/mol. The fraction of sp³-hybridized carbons (Fsp3) is 0. The smallest absolute Gasteiger partial charge is 0.135 e. The number of hydrogen-bond acceptors (Lipinski definition) is 1. The van der Waals surface area contributed by atoms with Gasteiger partial charge in [0.15, 0.2) is 0 Å². The Bertz CT molecular complexity index is 3130. The number of nitrogens with zero attached hydrogens (tertiary/aromatic N) is 2. The Morgan fingerprint density at radius 1 is 0.314 bits per heavy atom. The summed E-state index contributed by atoms with van der Waals surface area (Å²) in [6.45, 7) is 0. The molecule has 238 valence electrons. The molecular weight excluding hydrogens is 621 g/mol. The average Bonchev–Trinajstić information content (AvgIpc) is 3.85. The summed E-state index contributed by atoms with van der Waals surface area (Å²) in [6.07, 6.45) is 0. The van der Waals surface area contributed by atoms with Crippen molar-refractivity contribution >= 4 is 65.6 Å². The summed E-state index contributed by atoms with van der Waals surface area (Å²) in [5.41, 5.74) is 13.6. The van der Waals surface area contributed by atoms with Crippen molar-refractivity contribution in [2.75, 3.05) is 0 Å². The van der Waals surface area contributed by atoms with E-state index in [0.717, 1.165) is 38.9 Å². The lowest BCUT2D eigenvalue weighted by atomic mass is 9.90. The van der Waals surface area contributed by atoms with E-state index in [4.69, 9.17) is 4.42 Å². The number of para-hydroxylation sites is 6. The standard InChI is InChI=1S/C48H30N2O/c1-3-14-32(15-4-1)49-43-23-10-8-19-35(43)41-29-40(39(30-45(41)49)31-26-27-47-42(28-31)36-20-9-12-25-46(36)51-47)38-22-13-21-37-34-18-7-11-24-44(34)50(48(37)38)33-16-5-2-6-17-33/h1-30H. The molecule has 11 aromatic rings. The third-order valence-electron chi connectivity index (χ3n) is 10.5. The van der Waals surface area contributed by atoms with Crippen LogP contribution in [0.5, 0.6) is 0 Å². The van der Waals surface area contributed by atoms with Crippen molar-refractivity contribution < 1.29 is 4.42 Å². The highest BCUT2D eigenvalue weighted by Gasteiger charge is 2.22. The van der Waals surface area contributed by atoms with Crippen molar-refractivity contribution in [3.05, 3.63) is 182 Å². The van der Waals surface area contributed by atoms with Crippen LogP contribution >= 0.6 is 0 Å². The minimum Gasteiger partial charge on any atom is -0.456 e.